The van der Waals surface area contributed by atoms with Crippen LogP contribution in [0.15, 0.2) is 48.0 Å². The molecule has 2 aromatic rings. The van der Waals surface area contributed by atoms with Gasteiger partial charge in [-0.05, 0) is 48.0 Å². The second kappa shape index (κ2) is 7.53. The lowest BCUT2D eigenvalue weighted by molar-refractivity contribution is -0.122. The predicted molar refractivity (Wildman–Crippen MR) is 100 cm³/mol. The smallest absolute Gasteiger partial charge is 0.339 e. The molecule has 9 heteroatoms. The molecule has 1 heterocycles. The first-order valence-electron chi connectivity index (χ1n) is 7.90. The minimum absolute atomic E-state index is 0.132. The molecule has 0 aromatic heterocycles. The molecule has 2 aromatic carbocycles. The van der Waals surface area contributed by atoms with Crippen molar-refractivity contribution in [2.75, 3.05) is 12.0 Å². The van der Waals surface area contributed by atoms with Gasteiger partial charge in [0.25, 0.3) is 11.8 Å². The van der Waals surface area contributed by atoms with E-state index in [0.29, 0.717) is 5.02 Å². The molecule has 0 unspecified atom stereocenters. The number of rotatable bonds is 4. The Balaban J connectivity index is 2.03. The van der Waals surface area contributed by atoms with Crippen molar-refractivity contribution in [2.24, 2.45) is 0 Å². The number of methoxy groups -OCH3 is 1. The van der Waals surface area contributed by atoms with Gasteiger partial charge in [0.05, 0.1) is 12.8 Å². The van der Waals surface area contributed by atoms with E-state index in [0.717, 1.165) is 4.90 Å². The van der Waals surface area contributed by atoms with Crippen molar-refractivity contribution in [1.82, 2.24) is 5.32 Å². The van der Waals surface area contributed by atoms with Crippen LogP contribution in [-0.2, 0) is 9.59 Å². The van der Waals surface area contributed by atoms with Gasteiger partial charge in [0.2, 0.25) is 0 Å². The van der Waals surface area contributed by atoms with Gasteiger partial charge in [-0.25, -0.2) is 14.5 Å². The number of urea groups is 1. The molecule has 1 aliphatic heterocycles. The summed E-state index contributed by atoms with van der Waals surface area (Å²) in [6.07, 6.45) is 1.21. The highest BCUT2D eigenvalue weighted by molar-refractivity contribution is 6.39. The predicted octanol–water partition coefficient (Wildman–Crippen LogP) is 2.71. The largest absolute Gasteiger partial charge is 0.496 e. The second-order valence-corrected chi connectivity index (χ2v) is 6.14. The van der Waals surface area contributed by atoms with Crippen LogP contribution in [0, 0.1) is 0 Å². The molecule has 28 heavy (non-hydrogen) atoms. The van der Waals surface area contributed by atoms with E-state index in [4.69, 9.17) is 16.3 Å². The number of imide groups is 2. The van der Waals surface area contributed by atoms with Crippen molar-refractivity contribution < 1.29 is 29.0 Å². The van der Waals surface area contributed by atoms with Gasteiger partial charge in [0.1, 0.15) is 16.9 Å². The van der Waals surface area contributed by atoms with Gasteiger partial charge >= 0.3 is 12.0 Å². The molecule has 4 amide bonds. The molecule has 0 atom stereocenters. The molecule has 3 rings (SSSR count). The maximum absolute atomic E-state index is 12.8. The van der Waals surface area contributed by atoms with E-state index in [9.17, 15) is 24.3 Å². The molecular formula is C19H13ClN2O6. The Morgan fingerprint density at radius 3 is 2.43 bits per heavy atom. The number of halogens is 1. The molecule has 1 fully saturated rings. The average Bonchev–Trinajstić information content (AvgIpc) is 2.66. The van der Waals surface area contributed by atoms with E-state index in [1.165, 1.54) is 55.7 Å². The SMILES string of the molecule is COc1ccc(C=C2C(=O)NC(=O)N(c3ccc(Cl)cc3)C2=O)cc1C(=O)O. The highest BCUT2D eigenvalue weighted by Gasteiger charge is 2.36. The number of anilines is 1. The number of hydrogen-bond acceptors (Lipinski definition) is 5. The lowest BCUT2D eigenvalue weighted by Crippen LogP contribution is -2.54. The number of nitrogens with zero attached hydrogens (tertiary/aromatic N) is 1. The number of carboxylic acids is 1. The lowest BCUT2D eigenvalue weighted by atomic mass is 10.0. The van der Waals surface area contributed by atoms with Crippen molar-refractivity contribution in [2.45, 2.75) is 0 Å². The third-order valence-corrected chi connectivity index (χ3v) is 4.20. The summed E-state index contributed by atoms with van der Waals surface area (Å²) in [5.41, 5.74) is 0.0515. The molecule has 1 saturated heterocycles. The fourth-order valence-electron chi connectivity index (χ4n) is 2.63. The first-order chi connectivity index (χ1) is 13.3. The van der Waals surface area contributed by atoms with Crippen LogP contribution in [-0.4, -0.2) is 36.0 Å². The van der Waals surface area contributed by atoms with Crippen molar-refractivity contribution >= 4 is 47.2 Å². The number of benzene rings is 2. The molecule has 1 aliphatic rings. The number of carbonyl (C=O) groups is 4. The minimum atomic E-state index is -1.23. The Bertz CT molecular complexity index is 1030. The fraction of sp³-hybridized carbons (Fsp3) is 0.0526. The van der Waals surface area contributed by atoms with Crippen LogP contribution in [0.25, 0.3) is 6.08 Å². The zero-order valence-electron chi connectivity index (χ0n) is 14.4. The number of barbiturate groups is 1. The summed E-state index contributed by atoms with van der Waals surface area (Å²) in [5, 5.41) is 11.8. The third-order valence-electron chi connectivity index (χ3n) is 3.95. The maximum Gasteiger partial charge on any atom is 0.339 e. The number of carbonyl (C=O) groups excluding carboxylic acids is 3. The normalized spacial score (nSPS) is 15.6. The van der Waals surface area contributed by atoms with E-state index in [-0.39, 0.29) is 28.1 Å². The van der Waals surface area contributed by atoms with Crippen molar-refractivity contribution in [3.05, 3.63) is 64.2 Å². The van der Waals surface area contributed by atoms with E-state index >= 15 is 0 Å². The van der Waals surface area contributed by atoms with Crippen LogP contribution in [0.3, 0.4) is 0 Å². The Kier molecular flexibility index (Phi) is 5.14. The van der Waals surface area contributed by atoms with Crippen LogP contribution in [0.5, 0.6) is 5.75 Å². The fourth-order valence-corrected chi connectivity index (χ4v) is 2.76. The quantitative estimate of drug-likeness (QED) is 0.602. The molecule has 142 valence electrons. The molecular weight excluding hydrogens is 388 g/mol. The van der Waals surface area contributed by atoms with E-state index in [2.05, 4.69) is 5.32 Å². The topological polar surface area (TPSA) is 113 Å². The minimum Gasteiger partial charge on any atom is -0.496 e. The van der Waals surface area contributed by atoms with Crippen LogP contribution >= 0.6 is 11.6 Å². The first-order valence-corrected chi connectivity index (χ1v) is 8.28. The van der Waals surface area contributed by atoms with Crippen LogP contribution in [0.4, 0.5) is 10.5 Å². The van der Waals surface area contributed by atoms with Gasteiger partial charge in [-0.1, -0.05) is 17.7 Å². The van der Waals surface area contributed by atoms with Gasteiger partial charge < -0.3 is 9.84 Å². The number of hydrogen-bond donors (Lipinski definition) is 2. The van der Waals surface area contributed by atoms with E-state index in [1.54, 1.807) is 0 Å². The summed E-state index contributed by atoms with van der Waals surface area (Å²) in [5.74, 6) is -2.82. The van der Waals surface area contributed by atoms with Gasteiger partial charge in [-0.3, -0.25) is 14.9 Å². The van der Waals surface area contributed by atoms with Crippen LogP contribution in [0.1, 0.15) is 15.9 Å². The zero-order chi connectivity index (χ0) is 20.4. The number of ether oxygens (including phenoxy) is 1. The van der Waals surface area contributed by atoms with Crippen LogP contribution < -0.4 is 15.0 Å². The molecule has 8 nitrogen and oxygen atoms in total. The second-order valence-electron chi connectivity index (χ2n) is 5.70. The van der Waals surface area contributed by atoms with Crippen LogP contribution in [0.2, 0.25) is 5.02 Å². The summed E-state index contributed by atoms with van der Waals surface area (Å²) >= 11 is 5.82. The summed E-state index contributed by atoms with van der Waals surface area (Å²) in [6, 6.07) is 9.19. The lowest BCUT2D eigenvalue weighted by Gasteiger charge is -2.26. The summed E-state index contributed by atoms with van der Waals surface area (Å²) < 4.78 is 4.98. The Morgan fingerprint density at radius 2 is 1.82 bits per heavy atom. The number of nitrogens with one attached hydrogen (secondary N) is 1. The molecule has 0 radical (unpaired) electrons. The van der Waals surface area contributed by atoms with Gasteiger partial charge in [-0.15, -0.1) is 0 Å². The molecule has 0 saturated carbocycles. The molecule has 2 N–H and O–H groups in total. The number of amides is 4. The Hall–Kier alpha value is -3.65. The maximum atomic E-state index is 12.8. The highest BCUT2D eigenvalue weighted by Crippen LogP contribution is 2.25. The van der Waals surface area contributed by atoms with Crippen molar-refractivity contribution in [1.29, 1.82) is 0 Å². The zero-order valence-corrected chi connectivity index (χ0v) is 15.2. The average molecular weight is 401 g/mol. The number of aromatic carboxylic acids is 1. The number of carboxylic acid groups (broad SMARTS) is 1. The Labute approximate surface area is 164 Å². The monoisotopic (exact) mass is 400 g/mol. The molecule has 0 aliphatic carbocycles. The van der Waals surface area contributed by atoms with Crippen molar-refractivity contribution in [3.8, 4) is 5.75 Å². The molecule has 0 bridgehead atoms. The Morgan fingerprint density at radius 1 is 1.14 bits per heavy atom. The standard InChI is InChI=1S/C19H13ClN2O6/c1-28-15-7-2-10(8-13(15)18(25)26)9-14-16(23)21-19(27)22(17(14)24)12-5-3-11(20)4-6-12/h2-9H,1H3,(H,25,26)(H,21,23,27). The highest BCUT2D eigenvalue weighted by atomic mass is 35.5. The third kappa shape index (κ3) is 3.58. The van der Waals surface area contributed by atoms with Gasteiger partial charge in [0, 0.05) is 5.02 Å². The van der Waals surface area contributed by atoms with Gasteiger partial charge in [0.15, 0.2) is 0 Å². The molecule has 0 spiro atoms. The summed E-state index contributed by atoms with van der Waals surface area (Å²) in [7, 11) is 1.33. The van der Waals surface area contributed by atoms with Gasteiger partial charge in [-0.2, -0.15) is 0 Å². The van der Waals surface area contributed by atoms with Crippen molar-refractivity contribution in [3.63, 3.8) is 0 Å². The van der Waals surface area contributed by atoms with E-state index < -0.39 is 23.8 Å². The summed E-state index contributed by atoms with van der Waals surface area (Å²) in [4.78, 5) is 49.3. The first kappa shape index (κ1) is 19.1. The van der Waals surface area contributed by atoms with E-state index in [1.807, 2.05) is 0 Å². The summed E-state index contributed by atoms with van der Waals surface area (Å²) in [6.45, 7) is 0.